The number of tetrazole rings is 1. The molecule has 0 saturated carbocycles. The average Bonchev–Trinajstić information content (AvgIpc) is 3.36. The molecule has 0 aliphatic carbocycles. The molecule has 1 fully saturated rings. The lowest BCUT2D eigenvalue weighted by atomic mass is 9.91. The standard InChI is InChI=1S/C26H39F3N8O4SSi/c1-6-16-42(38,39)37(18-40-15-17-43(3,4)5)23-24(31-21-10-8-7-9-20(21)30-23)41-22(26(27,28)29)19-11-13-36(14-12-19)25-32-33-34-35(25)2/h7-10,19,22H,6,11-18H2,1-5H3. The van der Waals surface area contributed by atoms with Crippen molar-refractivity contribution in [3.63, 3.8) is 0 Å². The number of sulfonamides is 1. The molecule has 1 aliphatic heterocycles. The van der Waals surface area contributed by atoms with E-state index in [0.717, 1.165) is 10.3 Å². The number of alkyl halides is 3. The Bertz CT molecular complexity index is 1480. The predicted octanol–water partition coefficient (Wildman–Crippen LogP) is 4.24. The lowest BCUT2D eigenvalue weighted by molar-refractivity contribution is -0.212. The van der Waals surface area contributed by atoms with E-state index in [1.807, 2.05) is 4.90 Å². The highest BCUT2D eigenvalue weighted by atomic mass is 32.2. The summed E-state index contributed by atoms with van der Waals surface area (Å²) in [7, 11) is -3.87. The summed E-state index contributed by atoms with van der Waals surface area (Å²) < 4.78 is 84.6. The second kappa shape index (κ2) is 13.3. The molecule has 12 nitrogen and oxygen atoms in total. The average molecular weight is 645 g/mol. The first-order chi connectivity index (χ1) is 20.2. The van der Waals surface area contributed by atoms with Crippen molar-refractivity contribution in [2.45, 2.75) is 64.2 Å². The second-order valence-electron chi connectivity index (χ2n) is 11.9. The van der Waals surface area contributed by atoms with Crippen molar-refractivity contribution in [3.05, 3.63) is 24.3 Å². The predicted molar refractivity (Wildman–Crippen MR) is 159 cm³/mol. The number of aromatic nitrogens is 6. The molecule has 1 aromatic carbocycles. The van der Waals surface area contributed by atoms with Gasteiger partial charge in [-0.15, -0.1) is 0 Å². The van der Waals surface area contributed by atoms with Gasteiger partial charge in [-0.2, -0.15) is 13.2 Å². The maximum absolute atomic E-state index is 14.6. The van der Waals surface area contributed by atoms with Crippen LogP contribution in [-0.4, -0.2) is 91.1 Å². The molecular weight excluding hydrogens is 605 g/mol. The molecule has 1 unspecified atom stereocenters. The number of aryl methyl sites for hydroxylation is 1. The smallest absolute Gasteiger partial charge is 0.425 e. The Labute approximate surface area is 250 Å². The van der Waals surface area contributed by atoms with Gasteiger partial charge in [-0.25, -0.2) is 27.4 Å². The zero-order valence-electron chi connectivity index (χ0n) is 25.1. The molecule has 17 heteroatoms. The number of benzene rings is 1. The summed E-state index contributed by atoms with van der Waals surface area (Å²) in [5, 5.41) is 11.4. The van der Waals surface area contributed by atoms with E-state index >= 15 is 0 Å². The van der Waals surface area contributed by atoms with Gasteiger partial charge in [-0.05, 0) is 47.9 Å². The molecule has 3 aromatic rings. The van der Waals surface area contributed by atoms with Crippen molar-refractivity contribution in [1.29, 1.82) is 0 Å². The molecule has 2 aromatic heterocycles. The summed E-state index contributed by atoms with van der Waals surface area (Å²) in [5.41, 5.74) is 0.595. The lowest BCUT2D eigenvalue weighted by Crippen LogP contribution is -2.47. The van der Waals surface area contributed by atoms with Gasteiger partial charge < -0.3 is 14.4 Å². The van der Waals surface area contributed by atoms with Gasteiger partial charge in [0, 0.05) is 40.7 Å². The largest absolute Gasteiger partial charge is 0.462 e. The molecule has 0 amide bonds. The first kappa shape index (κ1) is 32.9. The highest BCUT2D eigenvalue weighted by Crippen LogP contribution is 2.38. The van der Waals surface area contributed by atoms with E-state index in [2.05, 4.69) is 45.1 Å². The number of fused-ring (bicyclic) bond motifs is 1. The maximum atomic E-state index is 14.6. The van der Waals surface area contributed by atoms with Crippen LogP contribution in [0.5, 0.6) is 5.88 Å². The van der Waals surface area contributed by atoms with Gasteiger partial charge in [0.2, 0.25) is 21.8 Å². The van der Waals surface area contributed by atoms with E-state index in [0.29, 0.717) is 18.1 Å². The number of hydrogen-bond acceptors (Lipinski definition) is 10. The summed E-state index contributed by atoms with van der Waals surface area (Å²) in [5.74, 6) is -1.54. The highest BCUT2D eigenvalue weighted by Gasteiger charge is 2.49. The van der Waals surface area contributed by atoms with Crippen molar-refractivity contribution in [1.82, 2.24) is 30.2 Å². The van der Waals surface area contributed by atoms with E-state index in [4.69, 9.17) is 9.47 Å². The molecule has 0 spiro atoms. The van der Waals surface area contributed by atoms with Crippen molar-refractivity contribution in [3.8, 4) is 5.88 Å². The molecule has 1 aliphatic rings. The Hall–Kier alpha value is -3.05. The van der Waals surface area contributed by atoms with Crippen LogP contribution in [0, 0.1) is 5.92 Å². The summed E-state index contributed by atoms with van der Waals surface area (Å²) >= 11 is 0. The van der Waals surface area contributed by atoms with Crippen LogP contribution in [0.4, 0.5) is 24.9 Å². The van der Waals surface area contributed by atoms with Gasteiger partial charge in [0.15, 0.2) is 6.10 Å². The zero-order valence-corrected chi connectivity index (χ0v) is 26.9. The van der Waals surface area contributed by atoms with Gasteiger partial charge in [-0.1, -0.05) is 43.8 Å². The SMILES string of the molecule is CCCS(=O)(=O)N(COCC[Si](C)(C)C)c1nc2ccccc2nc1OC(C1CCN(c2nnnn2C)CC1)C(F)(F)F. The number of halogens is 3. The molecule has 0 bridgehead atoms. The Morgan fingerprint density at radius 3 is 2.33 bits per heavy atom. The lowest BCUT2D eigenvalue weighted by Gasteiger charge is -2.36. The van der Waals surface area contributed by atoms with Crippen LogP contribution in [0.3, 0.4) is 0 Å². The number of anilines is 2. The molecule has 3 heterocycles. The first-order valence-corrected chi connectivity index (χ1v) is 19.6. The molecule has 4 rings (SSSR count). The van der Waals surface area contributed by atoms with Crippen LogP contribution < -0.4 is 13.9 Å². The fourth-order valence-electron chi connectivity index (χ4n) is 4.83. The number of para-hydroxylation sites is 2. The van der Waals surface area contributed by atoms with Crippen LogP contribution in [0.1, 0.15) is 26.2 Å². The minimum atomic E-state index is -4.76. The van der Waals surface area contributed by atoms with Crippen LogP contribution in [0.25, 0.3) is 11.0 Å². The summed E-state index contributed by atoms with van der Waals surface area (Å²) in [4.78, 5) is 10.7. The second-order valence-corrected chi connectivity index (χ2v) is 19.5. The molecule has 43 heavy (non-hydrogen) atoms. The molecular formula is C26H39F3N8O4SSi. The normalized spacial score (nSPS) is 16.0. The number of piperidine rings is 1. The maximum Gasteiger partial charge on any atom is 0.425 e. The van der Waals surface area contributed by atoms with E-state index in [9.17, 15) is 21.6 Å². The number of rotatable bonds is 13. The van der Waals surface area contributed by atoms with Crippen LogP contribution in [0.2, 0.25) is 25.7 Å². The summed E-state index contributed by atoms with van der Waals surface area (Å²) in [6.45, 7) is 8.64. The van der Waals surface area contributed by atoms with Crippen molar-refractivity contribution in [2.24, 2.45) is 13.0 Å². The van der Waals surface area contributed by atoms with Gasteiger partial charge in [0.05, 0.1) is 16.8 Å². The Kier molecular flexibility index (Phi) is 10.2. The minimum absolute atomic E-state index is 0.144. The Balaban J connectivity index is 1.68. The first-order valence-electron chi connectivity index (χ1n) is 14.2. The van der Waals surface area contributed by atoms with E-state index in [-0.39, 0.29) is 49.4 Å². The van der Waals surface area contributed by atoms with E-state index in [1.165, 1.54) is 4.68 Å². The van der Waals surface area contributed by atoms with E-state index < -0.39 is 48.9 Å². The third-order valence-electron chi connectivity index (χ3n) is 7.17. The number of hydrogen-bond donors (Lipinski definition) is 0. The van der Waals surface area contributed by atoms with Gasteiger partial charge in [-0.3, -0.25) is 0 Å². The zero-order chi connectivity index (χ0) is 31.4. The summed E-state index contributed by atoms with van der Waals surface area (Å²) in [6.07, 6.45) is -6.43. The minimum Gasteiger partial charge on any atom is -0.462 e. The highest BCUT2D eigenvalue weighted by molar-refractivity contribution is 7.92. The van der Waals surface area contributed by atoms with Gasteiger partial charge in [0.1, 0.15) is 6.73 Å². The third-order valence-corrected chi connectivity index (χ3v) is 10.7. The van der Waals surface area contributed by atoms with Crippen molar-refractivity contribution < 1.29 is 31.1 Å². The molecule has 0 N–H and O–H groups in total. The van der Waals surface area contributed by atoms with Crippen LogP contribution in [0.15, 0.2) is 24.3 Å². The Morgan fingerprint density at radius 2 is 1.77 bits per heavy atom. The monoisotopic (exact) mass is 644 g/mol. The molecule has 1 saturated heterocycles. The fourth-order valence-corrected chi connectivity index (χ4v) is 6.94. The quantitative estimate of drug-likeness (QED) is 0.151. The third kappa shape index (κ3) is 8.32. The fraction of sp³-hybridized carbons (Fsp3) is 0.654. The number of ether oxygens (including phenoxy) is 2. The number of nitrogens with zero attached hydrogens (tertiary/aromatic N) is 8. The molecule has 238 valence electrons. The topological polar surface area (TPSA) is 128 Å². The summed E-state index contributed by atoms with van der Waals surface area (Å²) in [6, 6.07) is 7.34. The van der Waals surface area contributed by atoms with Gasteiger partial charge in [0.25, 0.3) is 5.88 Å². The van der Waals surface area contributed by atoms with Crippen molar-refractivity contribution >= 4 is 40.9 Å². The molecule has 1 atom stereocenters. The van der Waals surface area contributed by atoms with E-state index in [1.54, 1.807) is 38.2 Å². The van der Waals surface area contributed by atoms with Crippen molar-refractivity contribution in [2.75, 3.05) is 41.4 Å². The molecule has 0 radical (unpaired) electrons. The van der Waals surface area contributed by atoms with Crippen LogP contribution >= 0.6 is 0 Å². The van der Waals surface area contributed by atoms with Gasteiger partial charge >= 0.3 is 6.18 Å². The van der Waals surface area contributed by atoms with Crippen LogP contribution in [-0.2, 0) is 21.8 Å². The Morgan fingerprint density at radius 1 is 1.12 bits per heavy atom.